The zero-order valence-electron chi connectivity index (χ0n) is 15.2. The van der Waals surface area contributed by atoms with Gasteiger partial charge < -0.3 is 10.1 Å². The van der Waals surface area contributed by atoms with Crippen molar-refractivity contribution < 1.29 is 9.53 Å². The third-order valence-corrected chi connectivity index (χ3v) is 5.64. The van der Waals surface area contributed by atoms with Crippen LogP contribution in [-0.2, 0) is 9.53 Å². The van der Waals surface area contributed by atoms with Crippen LogP contribution in [0.15, 0.2) is 34.2 Å². The highest BCUT2D eigenvalue weighted by atomic mass is 32.2. The number of hydrogen-bond acceptors (Lipinski definition) is 5. The average molecular weight is 375 g/mol. The number of aromatic nitrogens is 2. The summed E-state index contributed by atoms with van der Waals surface area (Å²) in [5.41, 5.74) is 0.617. The molecule has 0 spiro atoms. The molecule has 140 valence electrons. The molecule has 2 atom stereocenters. The summed E-state index contributed by atoms with van der Waals surface area (Å²) in [6, 6.07) is 7.37. The maximum atomic E-state index is 12.9. The molecule has 1 saturated heterocycles. The minimum Gasteiger partial charge on any atom is -0.376 e. The Morgan fingerprint density at radius 1 is 1.46 bits per heavy atom. The smallest absolute Gasteiger partial charge is 0.262 e. The van der Waals surface area contributed by atoms with Gasteiger partial charge in [-0.15, -0.1) is 0 Å². The van der Waals surface area contributed by atoms with E-state index in [0.29, 0.717) is 22.6 Å². The number of amides is 1. The molecule has 2 heterocycles. The van der Waals surface area contributed by atoms with E-state index < -0.39 is 0 Å². The highest BCUT2D eigenvalue weighted by Gasteiger charge is 2.18. The van der Waals surface area contributed by atoms with Gasteiger partial charge in [0, 0.05) is 19.2 Å². The number of carbonyl (C=O) groups excluding carboxylic acids is 1. The topological polar surface area (TPSA) is 73.2 Å². The standard InChI is InChI=1S/C19H25N3O3S/c1-3-13(2)22-18(24)15-8-4-5-9-16(15)21-19(22)26-12-17(23)20-11-14-7-6-10-25-14/h4-5,8-9,13-14H,3,6-7,10-12H2,1-2H3,(H,20,23)/t13-,14+/m1/s1. The van der Waals surface area contributed by atoms with Crippen molar-refractivity contribution in [3.8, 4) is 0 Å². The molecule has 0 bridgehead atoms. The summed E-state index contributed by atoms with van der Waals surface area (Å²) in [6.07, 6.45) is 2.99. The first-order chi connectivity index (χ1) is 12.6. The van der Waals surface area contributed by atoms with Crippen LogP contribution in [0.4, 0.5) is 0 Å². The fourth-order valence-electron chi connectivity index (χ4n) is 3.01. The molecule has 0 saturated carbocycles. The van der Waals surface area contributed by atoms with Gasteiger partial charge in [0.15, 0.2) is 5.16 Å². The highest BCUT2D eigenvalue weighted by molar-refractivity contribution is 7.99. The van der Waals surface area contributed by atoms with E-state index in [1.165, 1.54) is 11.8 Å². The Morgan fingerprint density at radius 3 is 3.00 bits per heavy atom. The largest absolute Gasteiger partial charge is 0.376 e. The first-order valence-corrected chi connectivity index (χ1v) is 10.1. The van der Waals surface area contributed by atoms with Crippen LogP contribution in [0.25, 0.3) is 10.9 Å². The van der Waals surface area contributed by atoms with Gasteiger partial charge in [-0.1, -0.05) is 30.8 Å². The molecule has 0 radical (unpaired) electrons. The summed E-state index contributed by atoms with van der Waals surface area (Å²) < 4.78 is 7.22. The maximum absolute atomic E-state index is 12.9. The fraction of sp³-hybridized carbons (Fsp3) is 0.526. The predicted octanol–water partition coefficient (Wildman–Crippen LogP) is 2.75. The van der Waals surface area contributed by atoms with Crippen LogP contribution in [0.2, 0.25) is 0 Å². The van der Waals surface area contributed by atoms with Crippen LogP contribution in [0.3, 0.4) is 0 Å². The van der Waals surface area contributed by atoms with E-state index in [9.17, 15) is 9.59 Å². The molecule has 0 aliphatic carbocycles. The van der Waals surface area contributed by atoms with Crippen LogP contribution >= 0.6 is 11.8 Å². The zero-order chi connectivity index (χ0) is 18.5. The molecule has 1 amide bonds. The van der Waals surface area contributed by atoms with Crippen LogP contribution in [-0.4, -0.2) is 40.5 Å². The molecule has 1 fully saturated rings. The van der Waals surface area contributed by atoms with Gasteiger partial charge >= 0.3 is 0 Å². The summed E-state index contributed by atoms with van der Waals surface area (Å²) in [7, 11) is 0. The molecule has 6 nitrogen and oxygen atoms in total. The van der Waals surface area contributed by atoms with Crippen molar-refractivity contribution in [2.24, 2.45) is 0 Å². The Labute approximate surface area is 157 Å². The zero-order valence-corrected chi connectivity index (χ0v) is 16.1. The molecule has 1 aliphatic rings. The van der Waals surface area contributed by atoms with E-state index in [1.54, 1.807) is 10.6 Å². The highest BCUT2D eigenvalue weighted by Crippen LogP contribution is 2.22. The molecule has 26 heavy (non-hydrogen) atoms. The van der Waals surface area contributed by atoms with Crippen molar-refractivity contribution in [2.45, 2.75) is 50.4 Å². The molecule has 1 aromatic heterocycles. The van der Waals surface area contributed by atoms with Crippen LogP contribution in [0.5, 0.6) is 0 Å². The van der Waals surface area contributed by atoms with Gasteiger partial charge in [0.2, 0.25) is 5.91 Å². The Kier molecular flexibility index (Phi) is 6.32. The number of nitrogens with one attached hydrogen (secondary N) is 1. The maximum Gasteiger partial charge on any atom is 0.262 e. The Morgan fingerprint density at radius 2 is 2.27 bits per heavy atom. The fourth-order valence-corrected chi connectivity index (χ4v) is 3.94. The average Bonchev–Trinajstić information content (AvgIpc) is 3.18. The van der Waals surface area contributed by atoms with Crippen LogP contribution in [0, 0.1) is 0 Å². The van der Waals surface area contributed by atoms with E-state index in [-0.39, 0.29) is 29.4 Å². The van der Waals surface area contributed by atoms with Crippen molar-refractivity contribution >= 4 is 28.6 Å². The molecule has 2 aromatic rings. The summed E-state index contributed by atoms with van der Waals surface area (Å²) >= 11 is 1.31. The van der Waals surface area contributed by atoms with Gasteiger partial charge in [0.05, 0.1) is 22.8 Å². The minimum atomic E-state index is -0.0661. The lowest BCUT2D eigenvalue weighted by Gasteiger charge is -2.18. The second kappa shape index (κ2) is 8.68. The summed E-state index contributed by atoms with van der Waals surface area (Å²) in [5, 5.41) is 4.11. The molecular weight excluding hydrogens is 350 g/mol. The van der Waals surface area contributed by atoms with Gasteiger partial charge in [0.25, 0.3) is 5.56 Å². The molecular formula is C19H25N3O3S. The van der Waals surface area contributed by atoms with E-state index in [2.05, 4.69) is 10.3 Å². The van der Waals surface area contributed by atoms with Crippen molar-refractivity contribution in [2.75, 3.05) is 18.9 Å². The number of thioether (sulfide) groups is 1. The molecule has 0 unspecified atom stereocenters. The normalized spacial score (nSPS) is 18.2. The van der Waals surface area contributed by atoms with Gasteiger partial charge in [0.1, 0.15) is 0 Å². The lowest BCUT2D eigenvalue weighted by atomic mass is 10.2. The van der Waals surface area contributed by atoms with E-state index >= 15 is 0 Å². The summed E-state index contributed by atoms with van der Waals surface area (Å²) in [4.78, 5) is 29.7. The van der Waals surface area contributed by atoms with Gasteiger partial charge in [-0.05, 0) is 38.3 Å². The van der Waals surface area contributed by atoms with Crippen molar-refractivity contribution in [1.82, 2.24) is 14.9 Å². The monoisotopic (exact) mass is 375 g/mol. The van der Waals surface area contributed by atoms with Crippen molar-refractivity contribution in [3.05, 3.63) is 34.6 Å². The number of para-hydroxylation sites is 1. The molecule has 3 rings (SSSR count). The van der Waals surface area contributed by atoms with Gasteiger partial charge in [-0.3, -0.25) is 14.2 Å². The van der Waals surface area contributed by atoms with E-state index in [1.807, 2.05) is 32.0 Å². The Balaban J connectivity index is 1.75. The van der Waals surface area contributed by atoms with Crippen molar-refractivity contribution in [1.29, 1.82) is 0 Å². The summed E-state index contributed by atoms with van der Waals surface area (Å²) in [5.74, 6) is 0.164. The molecule has 7 heteroatoms. The lowest BCUT2D eigenvalue weighted by molar-refractivity contribution is -0.119. The quantitative estimate of drug-likeness (QED) is 0.595. The third kappa shape index (κ3) is 4.27. The number of carbonyl (C=O) groups is 1. The van der Waals surface area contributed by atoms with E-state index in [0.717, 1.165) is 25.9 Å². The number of ether oxygens (including phenoxy) is 1. The second-order valence-corrected chi connectivity index (χ2v) is 7.51. The molecule has 1 aliphatic heterocycles. The molecule has 1 aromatic carbocycles. The predicted molar refractivity (Wildman–Crippen MR) is 104 cm³/mol. The number of benzene rings is 1. The Bertz CT molecular complexity index is 830. The van der Waals surface area contributed by atoms with E-state index in [4.69, 9.17) is 4.74 Å². The number of nitrogens with zero attached hydrogens (tertiary/aromatic N) is 2. The SMILES string of the molecule is CC[C@@H](C)n1c(SCC(=O)NC[C@@H]2CCCO2)nc2ccccc2c1=O. The number of hydrogen-bond donors (Lipinski definition) is 1. The second-order valence-electron chi connectivity index (χ2n) is 6.57. The van der Waals surface area contributed by atoms with Crippen LogP contribution in [0.1, 0.15) is 39.2 Å². The van der Waals surface area contributed by atoms with Gasteiger partial charge in [-0.25, -0.2) is 4.98 Å². The van der Waals surface area contributed by atoms with Crippen molar-refractivity contribution in [3.63, 3.8) is 0 Å². The third-order valence-electron chi connectivity index (χ3n) is 4.69. The first kappa shape index (κ1) is 18.9. The van der Waals surface area contributed by atoms with Crippen LogP contribution < -0.4 is 10.9 Å². The molecule has 1 N–H and O–H groups in total. The lowest BCUT2D eigenvalue weighted by Crippen LogP contribution is -2.33. The minimum absolute atomic E-state index is 0.0251. The Hall–Kier alpha value is -1.86. The number of fused-ring (bicyclic) bond motifs is 1. The first-order valence-electron chi connectivity index (χ1n) is 9.12. The summed E-state index contributed by atoms with van der Waals surface area (Å²) in [6.45, 7) is 5.36. The number of rotatable bonds is 7. The van der Waals surface area contributed by atoms with Gasteiger partial charge in [-0.2, -0.15) is 0 Å².